The molecule has 30 heavy (non-hydrogen) atoms. The Hall–Kier alpha value is -3.31. The summed E-state index contributed by atoms with van der Waals surface area (Å²) in [6, 6.07) is 26.5. The number of amides is 1. The highest BCUT2D eigenvalue weighted by Crippen LogP contribution is 2.20. The normalized spacial score (nSPS) is 13.7. The van der Waals surface area contributed by atoms with Gasteiger partial charge in [-0.05, 0) is 47.9 Å². The van der Waals surface area contributed by atoms with Crippen LogP contribution in [0.2, 0.25) is 0 Å². The molecule has 1 aliphatic heterocycles. The first-order chi connectivity index (χ1) is 14.8. The van der Waals surface area contributed by atoms with Crippen molar-refractivity contribution in [3.63, 3.8) is 0 Å². The summed E-state index contributed by atoms with van der Waals surface area (Å²) in [6.07, 6.45) is 0.828. The van der Waals surface area contributed by atoms with E-state index in [9.17, 15) is 4.79 Å². The first kappa shape index (κ1) is 20.0. The average molecular weight is 402 g/mol. The molecule has 0 aliphatic carbocycles. The van der Waals surface area contributed by atoms with Crippen molar-refractivity contribution in [2.45, 2.75) is 6.42 Å². The standard InChI is InChI=1S/C25H27N3O2/c29-25(27-22-10-12-23(13-11-22)28-14-16-30-17-15-28)19-26-24-9-5-4-8-21(24)18-20-6-2-1-3-7-20/h1-13,26H,14-19H2,(H,27,29). The fourth-order valence-corrected chi connectivity index (χ4v) is 3.62. The molecule has 3 aromatic rings. The first-order valence-electron chi connectivity index (χ1n) is 10.4. The summed E-state index contributed by atoms with van der Waals surface area (Å²) in [5, 5.41) is 6.25. The van der Waals surface area contributed by atoms with Crippen molar-refractivity contribution in [2.75, 3.05) is 48.4 Å². The minimum atomic E-state index is -0.0661. The second kappa shape index (κ2) is 9.94. The Bertz CT molecular complexity index is 952. The van der Waals surface area contributed by atoms with Gasteiger partial charge in [-0.1, -0.05) is 48.5 Å². The first-order valence-corrected chi connectivity index (χ1v) is 10.4. The minimum Gasteiger partial charge on any atom is -0.378 e. The van der Waals surface area contributed by atoms with Crippen molar-refractivity contribution >= 4 is 23.0 Å². The molecule has 0 unspecified atom stereocenters. The SMILES string of the molecule is O=C(CNc1ccccc1Cc1ccccc1)Nc1ccc(N2CCOCC2)cc1. The third-order valence-corrected chi connectivity index (χ3v) is 5.22. The number of carbonyl (C=O) groups excluding carboxylic acids is 1. The van der Waals surface area contributed by atoms with Gasteiger partial charge in [0.25, 0.3) is 0 Å². The van der Waals surface area contributed by atoms with Gasteiger partial charge in [-0.25, -0.2) is 0 Å². The molecule has 0 atom stereocenters. The second-order valence-corrected chi connectivity index (χ2v) is 7.37. The maximum absolute atomic E-state index is 12.4. The minimum absolute atomic E-state index is 0.0661. The highest BCUT2D eigenvalue weighted by molar-refractivity contribution is 5.94. The van der Waals surface area contributed by atoms with Crippen molar-refractivity contribution in [2.24, 2.45) is 0 Å². The molecule has 4 rings (SSSR count). The molecule has 0 spiro atoms. The highest BCUT2D eigenvalue weighted by Gasteiger charge is 2.11. The third-order valence-electron chi connectivity index (χ3n) is 5.22. The van der Waals surface area contributed by atoms with Crippen molar-refractivity contribution in [3.05, 3.63) is 90.0 Å². The van der Waals surface area contributed by atoms with E-state index in [4.69, 9.17) is 4.74 Å². The van der Waals surface area contributed by atoms with Gasteiger partial charge in [-0.2, -0.15) is 0 Å². The quantitative estimate of drug-likeness (QED) is 0.624. The molecule has 5 heteroatoms. The third kappa shape index (κ3) is 5.39. The van der Waals surface area contributed by atoms with Crippen LogP contribution in [-0.2, 0) is 16.0 Å². The van der Waals surface area contributed by atoms with Crippen LogP contribution in [-0.4, -0.2) is 38.8 Å². The summed E-state index contributed by atoms with van der Waals surface area (Å²) in [5.41, 5.74) is 5.36. The molecule has 1 fully saturated rings. The van der Waals surface area contributed by atoms with Gasteiger partial charge in [0, 0.05) is 30.2 Å². The molecule has 5 nitrogen and oxygen atoms in total. The molecule has 0 radical (unpaired) electrons. The lowest BCUT2D eigenvalue weighted by atomic mass is 10.0. The van der Waals surface area contributed by atoms with E-state index >= 15 is 0 Å². The number of hydrogen-bond acceptors (Lipinski definition) is 4. The fourth-order valence-electron chi connectivity index (χ4n) is 3.62. The van der Waals surface area contributed by atoms with Gasteiger partial charge in [-0.15, -0.1) is 0 Å². The van der Waals surface area contributed by atoms with Crippen molar-refractivity contribution in [1.29, 1.82) is 0 Å². The Labute approximate surface area is 177 Å². The van der Waals surface area contributed by atoms with Gasteiger partial charge in [0.1, 0.15) is 0 Å². The number of carbonyl (C=O) groups is 1. The van der Waals surface area contributed by atoms with Gasteiger partial charge in [0.15, 0.2) is 0 Å². The van der Waals surface area contributed by atoms with E-state index in [0.29, 0.717) is 0 Å². The number of anilines is 3. The zero-order valence-electron chi connectivity index (χ0n) is 17.0. The van der Waals surface area contributed by atoms with Crippen molar-refractivity contribution < 1.29 is 9.53 Å². The molecule has 0 aromatic heterocycles. The summed E-state index contributed by atoms with van der Waals surface area (Å²) in [7, 11) is 0. The molecule has 1 aliphatic rings. The van der Waals surface area contributed by atoms with E-state index in [-0.39, 0.29) is 12.5 Å². The Morgan fingerprint density at radius 3 is 2.33 bits per heavy atom. The zero-order chi connectivity index (χ0) is 20.6. The van der Waals surface area contributed by atoms with Crippen LogP contribution in [0.5, 0.6) is 0 Å². The number of nitrogens with one attached hydrogen (secondary N) is 2. The summed E-state index contributed by atoms with van der Waals surface area (Å²) in [6.45, 7) is 3.54. The lowest BCUT2D eigenvalue weighted by molar-refractivity contribution is -0.114. The van der Waals surface area contributed by atoms with Crippen LogP contribution in [0, 0.1) is 0 Å². The monoisotopic (exact) mass is 401 g/mol. The van der Waals surface area contributed by atoms with Crippen LogP contribution in [0.3, 0.4) is 0 Å². The molecular formula is C25H27N3O2. The van der Waals surface area contributed by atoms with E-state index in [0.717, 1.165) is 49.8 Å². The smallest absolute Gasteiger partial charge is 0.243 e. The van der Waals surface area contributed by atoms with E-state index in [2.05, 4.69) is 33.7 Å². The van der Waals surface area contributed by atoms with Gasteiger partial charge >= 0.3 is 0 Å². The molecule has 0 bridgehead atoms. The van der Waals surface area contributed by atoms with Crippen molar-refractivity contribution in [1.82, 2.24) is 0 Å². The number of para-hydroxylation sites is 1. The molecule has 2 N–H and O–H groups in total. The van der Waals surface area contributed by atoms with Crippen LogP contribution >= 0.6 is 0 Å². The van der Waals surface area contributed by atoms with Crippen molar-refractivity contribution in [3.8, 4) is 0 Å². The Morgan fingerprint density at radius 2 is 1.57 bits per heavy atom. The summed E-state index contributed by atoms with van der Waals surface area (Å²) < 4.78 is 5.40. The van der Waals surface area contributed by atoms with Crippen LogP contribution < -0.4 is 15.5 Å². The van der Waals surface area contributed by atoms with Crippen LogP contribution in [0.15, 0.2) is 78.9 Å². The van der Waals surface area contributed by atoms with Gasteiger partial charge < -0.3 is 20.3 Å². The maximum Gasteiger partial charge on any atom is 0.243 e. The summed E-state index contributed by atoms with van der Waals surface area (Å²) in [4.78, 5) is 14.7. The molecule has 1 saturated heterocycles. The van der Waals surface area contributed by atoms with Crippen LogP contribution in [0.4, 0.5) is 17.1 Å². The molecular weight excluding hydrogens is 374 g/mol. The summed E-state index contributed by atoms with van der Waals surface area (Å²) in [5.74, 6) is -0.0661. The van der Waals surface area contributed by atoms with E-state index in [1.165, 1.54) is 11.1 Å². The van der Waals surface area contributed by atoms with E-state index in [1.54, 1.807) is 0 Å². The number of hydrogen-bond donors (Lipinski definition) is 2. The van der Waals surface area contributed by atoms with Gasteiger partial charge in [0.2, 0.25) is 5.91 Å². The van der Waals surface area contributed by atoms with Crippen LogP contribution in [0.25, 0.3) is 0 Å². The number of ether oxygens (including phenoxy) is 1. The fraction of sp³-hybridized carbons (Fsp3) is 0.240. The van der Waals surface area contributed by atoms with Gasteiger partial charge in [0.05, 0.1) is 19.8 Å². The number of nitrogens with zero attached hydrogens (tertiary/aromatic N) is 1. The predicted molar refractivity (Wildman–Crippen MR) is 122 cm³/mol. The zero-order valence-corrected chi connectivity index (χ0v) is 17.0. The lowest BCUT2D eigenvalue weighted by Crippen LogP contribution is -2.36. The van der Waals surface area contributed by atoms with Crippen LogP contribution in [0.1, 0.15) is 11.1 Å². The summed E-state index contributed by atoms with van der Waals surface area (Å²) >= 11 is 0. The molecule has 154 valence electrons. The largest absolute Gasteiger partial charge is 0.378 e. The number of rotatable bonds is 7. The topological polar surface area (TPSA) is 53.6 Å². The maximum atomic E-state index is 12.4. The average Bonchev–Trinajstić information content (AvgIpc) is 2.80. The molecule has 0 saturated carbocycles. The van der Waals surface area contributed by atoms with E-state index < -0.39 is 0 Å². The Balaban J connectivity index is 1.32. The Kier molecular flexibility index (Phi) is 6.62. The Morgan fingerprint density at radius 1 is 0.867 bits per heavy atom. The van der Waals surface area contributed by atoms with E-state index in [1.807, 2.05) is 60.7 Å². The number of morpholine rings is 1. The molecule has 1 amide bonds. The number of benzene rings is 3. The molecule has 1 heterocycles. The highest BCUT2D eigenvalue weighted by atomic mass is 16.5. The predicted octanol–water partition coefficient (Wildman–Crippen LogP) is 4.16. The lowest BCUT2D eigenvalue weighted by Gasteiger charge is -2.28. The second-order valence-electron chi connectivity index (χ2n) is 7.37. The molecule has 3 aromatic carbocycles. The van der Waals surface area contributed by atoms with Gasteiger partial charge in [-0.3, -0.25) is 4.79 Å².